The Hall–Kier alpha value is -3.38. The van der Waals surface area contributed by atoms with Gasteiger partial charge in [-0.1, -0.05) is 54.1 Å². The van der Waals surface area contributed by atoms with Crippen LogP contribution in [0.25, 0.3) is 6.08 Å². The van der Waals surface area contributed by atoms with Gasteiger partial charge in [0.25, 0.3) is 0 Å². The summed E-state index contributed by atoms with van der Waals surface area (Å²) < 4.78 is 0. The van der Waals surface area contributed by atoms with Crippen LogP contribution in [0.15, 0.2) is 71.4 Å². The summed E-state index contributed by atoms with van der Waals surface area (Å²) in [5, 5.41) is 25.0. The van der Waals surface area contributed by atoms with Gasteiger partial charge in [0, 0.05) is 27.6 Å². The Labute approximate surface area is 189 Å². The minimum absolute atomic E-state index is 0.0938. The monoisotopic (exact) mass is 441 g/mol. The van der Waals surface area contributed by atoms with Crippen molar-refractivity contribution in [3.8, 4) is 12.1 Å². The second-order valence-electron chi connectivity index (χ2n) is 7.72. The van der Waals surface area contributed by atoms with Crippen LogP contribution in [0.4, 0.5) is 5.69 Å². The van der Waals surface area contributed by atoms with E-state index in [1.54, 1.807) is 12.1 Å². The average Bonchev–Trinajstić information content (AvgIpc) is 3.44. The molecule has 0 bridgehead atoms. The largest absolute Gasteiger partial charge is 0.351 e. The van der Waals surface area contributed by atoms with Gasteiger partial charge < -0.3 is 4.90 Å². The van der Waals surface area contributed by atoms with Crippen molar-refractivity contribution in [3.05, 3.63) is 93.1 Å². The molecule has 2 aliphatic rings. The van der Waals surface area contributed by atoms with Gasteiger partial charge in [-0.2, -0.15) is 21.9 Å². The predicted octanol–water partition coefficient (Wildman–Crippen LogP) is 5.69. The maximum atomic E-state index is 13.8. The highest BCUT2D eigenvalue weighted by Gasteiger charge is 2.63. The molecule has 0 unspecified atom stereocenters. The lowest BCUT2D eigenvalue weighted by Gasteiger charge is -2.35. The van der Waals surface area contributed by atoms with E-state index in [-0.39, 0.29) is 5.78 Å². The van der Waals surface area contributed by atoms with Crippen molar-refractivity contribution in [1.82, 2.24) is 0 Å². The molecule has 0 radical (unpaired) electrons. The maximum absolute atomic E-state index is 13.8. The zero-order valence-corrected chi connectivity index (χ0v) is 17.8. The fraction of sp³-hybridized carbons (Fsp3) is 0.160. The van der Waals surface area contributed by atoms with E-state index < -0.39 is 23.4 Å². The Bertz CT molecular complexity index is 1260. The van der Waals surface area contributed by atoms with Crippen LogP contribution in [0.5, 0.6) is 0 Å². The van der Waals surface area contributed by atoms with E-state index in [1.165, 1.54) is 11.3 Å². The number of nitriles is 2. The number of anilines is 1. The van der Waals surface area contributed by atoms with Crippen LogP contribution in [0, 0.1) is 28.1 Å². The standard InChI is InChI=1S/C25H16ClN3OS/c26-19-7-8-20-17(12-19)6-9-21-25(14-27,15-28)22(16-4-2-1-3-5-16)23(29(20)21)24(30)18-10-11-31-13-18/h1-13,21-23H/t21-,22-,23+/m0/s1. The molecule has 0 N–H and O–H groups in total. The number of rotatable bonds is 3. The molecule has 0 aliphatic carbocycles. The number of hydrogen-bond acceptors (Lipinski definition) is 5. The van der Waals surface area contributed by atoms with Crippen molar-refractivity contribution >= 4 is 40.5 Å². The van der Waals surface area contributed by atoms with Gasteiger partial charge in [-0.3, -0.25) is 4.79 Å². The molecular weight excluding hydrogens is 426 g/mol. The van der Waals surface area contributed by atoms with Crippen LogP contribution in [0.3, 0.4) is 0 Å². The lowest BCUT2D eigenvalue weighted by atomic mass is 9.69. The number of benzene rings is 2. The summed E-state index contributed by atoms with van der Waals surface area (Å²) in [6.07, 6.45) is 3.76. The zero-order valence-electron chi connectivity index (χ0n) is 16.3. The third-order valence-corrected chi connectivity index (χ3v) is 7.12. The normalized spacial score (nSPS) is 22.8. The molecule has 3 aromatic rings. The Morgan fingerprint density at radius 1 is 1.10 bits per heavy atom. The van der Waals surface area contributed by atoms with Gasteiger partial charge in [0.15, 0.2) is 11.2 Å². The van der Waals surface area contributed by atoms with Crippen molar-refractivity contribution in [3.63, 3.8) is 0 Å². The molecule has 3 heterocycles. The second-order valence-corrected chi connectivity index (χ2v) is 8.93. The van der Waals surface area contributed by atoms with Crippen LogP contribution < -0.4 is 4.90 Å². The number of hydrogen-bond donors (Lipinski definition) is 0. The van der Waals surface area contributed by atoms with Crippen LogP contribution in [-0.4, -0.2) is 17.9 Å². The fourth-order valence-corrected chi connectivity index (χ4v) is 5.70. The number of thiophene rings is 1. The predicted molar refractivity (Wildman–Crippen MR) is 122 cm³/mol. The van der Waals surface area contributed by atoms with Crippen LogP contribution in [-0.2, 0) is 0 Å². The van der Waals surface area contributed by atoms with E-state index in [2.05, 4.69) is 12.1 Å². The first-order chi connectivity index (χ1) is 15.1. The number of carbonyl (C=O) groups excluding carboxylic acids is 1. The van der Waals surface area contributed by atoms with Crippen molar-refractivity contribution < 1.29 is 4.79 Å². The van der Waals surface area contributed by atoms with Gasteiger partial charge >= 0.3 is 0 Å². The summed E-state index contributed by atoms with van der Waals surface area (Å²) in [6, 6.07) is 20.1. The molecule has 1 aromatic heterocycles. The highest BCUT2D eigenvalue weighted by atomic mass is 35.5. The molecule has 0 saturated carbocycles. The molecule has 2 aromatic carbocycles. The lowest BCUT2D eigenvalue weighted by Crippen LogP contribution is -2.44. The number of Topliss-reactive ketones (excluding diaryl/α,β-unsaturated/α-hetero) is 1. The smallest absolute Gasteiger partial charge is 0.186 e. The molecule has 31 heavy (non-hydrogen) atoms. The van der Waals surface area contributed by atoms with Gasteiger partial charge in [0.2, 0.25) is 0 Å². The lowest BCUT2D eigenvalue weighted by molar-refractivity contribution is 0.0951. The summed E-state index contributed by atoms with van der Waals surface area (Å²) in [5.74, 6) is -0.712. The number of ketones is 1. The van der Waals surface area contributed by atoms with E-state index in [9.17, 15) is 15.3 Å². The van der Waals surface area contributed by atoms with Crippen LogP contribution >= 0.6 is 22.9 Å². The average molecular weight is 442 g/mol. The van der Waals surface area contributed by atoms with Crippen LogP contribution in [0.1, 0.15) is 27.4 Å². The third-order valence-electron chi connectivity index (χ3n) is 6.20. The van der Waals surface area contributed by atoms with Gasteiger partial charge in [-0.05, 0) is 40.8 Å². The summed E-state index contributed by atoms with van der Waals surface area (Å²) in [4.78, 5) is 15.8. The Morgan fingerprint density at radius 2 is 1.87 bits per heavy atom. The minimum atomic E-state index is -1.43. The molecule has 1 saturated heterocycles. The fourth-order valence-electron chi connectivity index (χ4n) is 4.87. The summed E-state index contributed by atoms with van der Waals surface area (Å²) >= 11 is 7.66. The summed E-state index contributed by atoms with van der Waals surface area (Å²) in [7, 11) is 0. The highest BCUT2D eigenvalue weighted by molar-refractivity contribution is 7.08. The molecule has 150 valence electrons. The first-order valence-electron chi connectivity index (χ1n) is 9.80. The highest BCUT2D eigenvalue weighted by Crippen LogP contribution is 2.55. The van der Waals surface area contributed by atoms with Crippen molar-refractivity contribution in [2.75, 3.05) is 4.90 Å². The van der Waals surface area contributed by atoms with E-state index in [1.807, 2.05) is 70.3 Å². The molecule has 2 aliphatic heterocycles. The molecule has 4 nitrogen and oxygen atoms in total. The number of fused-ring (bicyclic) bond motifs is 3. The molecular formula is C25H16ClN3OS. The van der Waals surface area contributed by atoms with E-state index in [0.717, 1.165) is 16.8 Å². The van der Waals surface area contributed by atoms with Crippen molar-refractivity contribution in [2.45, 2.75) is 18.0 Å². The quantitative estimate of drug-likeness (QED) is 0.490. The first-order valence-corrected chi connectivity index (χ1v) is 11.1. The van der Waals surface area contributed by atoms with Crippen molar-refractivity contribution in [1.29, 1.82) is 10.5 Å². The van der Waals surface area contributed by atoms with E-state index in [0.29, 0.717) is 10.6 Å². The molecule has 0 amide bonds. The van der Waals surface area contributed by atoms with E-state index >= 15 is 0 Å². The third kappa shape index (κ3) is 2.82. The molecule has 1 fully saturated rings. The topological polar surface area (TPSA) is 67.9 Å². The van der Waals surface area contributed by atoms with Crippen molar-refractivity contribution in [2.24, 2.45) is 5.41 Å². The number of halogens is 1. The number of nitrogens with zero attached hydrogens (tertiary/aromatic N) is 3. The second kappa shape index (κ2) is 7.39. The molecule has 3 atom stereocenters. The summed E-state index contributed by atoms with van der Waals surface area (Å²) in [6.45, 7) is 0. The van der Waals surface area contributed by atoms with E-state index in [4.69, 9.17) is 11.6 Å². The summed E-state index contributed by atoms with van der Waals surface area (Å²) in [5.41, 5.74) is 1.64. The first kappa shape index (κ1) is 19.6. The molecule has 5 rings (SSSR count). The number of carbonyl (C=O) groups is 1. The Kier molecular flexibility index (Phi) is 4.67. The molecule has 6 heteroatoms. The molecule has 0 spiro atoms. The van der Waals surface area contributed by atoms with Gasteiger partial charge in [0.1, 0.15) is 6.04 Å². The SMILES string of the molecule is N#CC1(C#N)[C@@H]2C=Cc3cc(Cl)ccc3N2[C@@H](C(=O)c2ccsc2)[C@@H]1c1ccccc1. The Morgan fingerprint density at radius 3 is 2.55 bits per heavy atom. The maximum Gasteiger partial charge on any atom is 0.186 e. The minimum Gasteiger partial charge on any atom is -0.351 e. The van der Waals surface area contributed by atoms with Gasteiger partial charge in [-0.25, -0.2) is 0 Å². The zero-order chi connectivity index (χ0) is 21.6. The van der Waals surface area contributed by atoms with Crippen LogP contribution in [0.2, 0.25) is 5.02 Å². The van der Waals surface area contributed by atoms with Gasteiger partial charge in [-0.15, -0.1) is 0 Å². The van der Waals surface area contributed by atoms with Gasteiger partial charge in [0.05, 0.1) is 18.2 Å². The Balaban J connectivity index is 1.79.